The molecule has 0 saturated heterocycles. The standard InChI is InChI=1S/C21H20N4O3S2/c1-14-12-29-20(23-14)24-19(26)13-30-21-22-10-18(15-5-7-16(27-2)8-6-15)25(21)11-17-4-3-9-28-17/h3-10,12H,11,13H2,1-2H3,(H,23,24,26). The molecule has 1 amide bonds. The van der Waals surface area contributed by atoms with E-state index in [1.165, 1.54) is 23.1 Å². The van der Waals surface area contributed by atoms with Gasteiger partial charge in [-0.3, -0.25) is 4.79 Å². The number of imidazole rings is 1. The summed E-state index contributed by atoms with van der Waals surface area (Å²) in [6.45, 7) is 2.41. The highest BCUT2D eigenvalue weighted by Gasteiger charge is 2.16. The smallest absolute Gasteiger partial charge is 0.236 e. The van der Waals surface area contributed by atoms with Gasteiger partial charge < -0.3 is 19.0 Å². The second kappa shape index (κ2) is 9.19. The van der Waals surface area contributed by atoms with E-state index in [2.05, 4.69) is 15.3 Å². The minimum absolute atomic E-state index is 0.118. The minimum atomic E-state index is -0.118. The van der Waals surface area contributed by atoms with E-state index in [0.717, 1.165) is 33.6 Å². The van der Waals surface area contributed by atoms with Crippen molar-refractivity contribution in [1.29, 1.82) is 0 Å². The lowest BCUT2D eigenvalue weighted by atomic mass is 10.1. The average Bonchev–Trinajstić information content (AvgIpc) is 3.49. The molecule has 1 aromatic carbocycles. The van der Waals surface area contributed by atoms with Crippen molar-refractivity contribution in [2.45, 2.75) is 18.6 Å². The highest BCUT2D eigenvalue weighted by Crippen LogP contribution is 2.29. The molecule has 0 unspecified atom stereocenters. The fourth-order valence-electron chi connectivity index (χ4n) is 2.87. The predicted octanol–water partition coefficient (Wildman–Crippen LogP) is 4.70. The molecule has 154 valence electrons. The Balaban J connectivity index is 1.54. The Hall–Kier alpha value is -3.04. The molecule has 0 atom stereocenters. The molecule has 0 spiro atoms. The number of rotatable bonds is 8. The number of hydrogen-bond donors (Lipinski definition) is 1. The lowest BCUT2D eigenvalue weighted by Crippen LogP contribution is -2.14. The third kappa shape index (κ3) is 4.74. The summed E-state index contributed by atoms with van der Waals surface area (Å²) in [6, 6.07) is 11.6. The number of methoxy groups -OCH3 is 1. The van der Waals surface area contributed by atoms with E-state index in [1.807, 2.05) is 59.5 Å². The second-order valence-corrected chi connectivity index (χ2v) is 8.25. The summed E-state index contributed by atoms with van der Waals surface area (Å²) in [4.78, 5) is 21.2. The number of nitrogens with zero attached hydrogens (tertiary/aromatic N) is 3. The molecule has 0 aliphatic rings. The summed E-state index contributed by atoms with van der Waals surface area (Å²) in [5.74, 6) is 1.72. The molecule has 0 bridgehead atoms. The molecule has 3 heterocycles. The number of carbonyl (C=O) groups is 1. The van der Waals surface area contributed by atoms with Crippen molar-refractivity contribution < 1.29 is 13.9 Å². The second-order valence-electron chi connectivity index (χ2n) is 6.45. The third-order valence-corrected chi connectivity index (χ3v) is 6.16. The number of anilines is 1. The Morgan fingerprint density at radius 2 is 2.13 bits per heavy atom. The number of furan rings is 1. The van der Waals surface area contributed by atoms with Gasteiger partial charge >= 0.3 is 0 Å². The number of thioether (sulfide) groups is 1. The number of nitrogens with one attached hydrogen (secondary N) is 1. The zero-order valence-electron chi connectivity index (χ0n) is 16.5. The van der Waals surface area contributed by atoms with Crippen LogP contribution in [0.15, 0.2) is 63.8 Å². The molecule has 4 rings (SSSR count). The number of aryl methyl sites for hydroxylation is 1. The van der Waals surface area contributed by atoms with Gasteiger partial charge in [-0.05, 0) is 43.3 Å². The maximum absolute atomic E-state index is 12.3. The molecule has 3 aromatic heterocycles. The number of thiazole rings is 1. The molecule has 0 saturated carbocycles. The van der Waals surface area contributed by atoms with E-state index in [0.29, 0.717) is 11.7 Å². The van der Waals surface area contributed by atoms with E-state index >= 15 is 0 Å². The van der Waals surface area contributed by atoms with Crippen LogP contribution in [0.4, 0.5) is 5.13 Å². The molecule has 0 aliphatic heterocycles. The number of benzene rings is 1. The Kier molecular flexibility index (Phi) is 6.20. The molecule has 1 N–H and O–H groups in total. The Bertz CT molecular complexity index is 1120. The van der Waals surface area contributed by atoms with Crippen LogP contribution >= 0.6 is 23.1 Å². The van der Waals surface area contributed by atoms with Crippen molar-refractivity contribution in [3.63, 3.8) is 0 Å². The lowest BCUT2D eigenvalue weighted by Gasteiger charge is -2.11. The summed E-state index contributed by atoms with van der Waals surface area (Å²) >= 11 is 2.79. The first-order valence-corrected chi connectivity index (χ1v) is 11.1. The average molecular weight is 441 g/mol. The van der Waals surface area contributed by atoms with Crippen molar-refractivity contribution in [2.24, 2.45) is 0 Å². The third-order valence-electron chi connectivity index (χ3n) is 4.30. The van der Waals surface area contributed by atoms with Crippen LogP contribution in [-0.4, -0.2) is 33.3 Å². The van der Waals surface area contributed by atoms with Gasteiger partial charge in [0, 0.05) is 10.9 Å². The Morgan fingerprint density at radius 3 is 2.80 bits per heavy atom. The number of hydrogen-bond acceptors (Lipinski definition) is 7. The first kappa shape index (κ1) is 20.2. The fourth-order valence-corrected chi connectivity index (χ4v) is 4.36. The van der Waals surface area contributed by atoms with Gasteiger partial charge in [0.1, 0.15) is 11.5 Å². The summed E-state index contributed by atoms with van der Waals surface area (Å²) in [5.41, 5.74) is 2.83. The number of aromatic nitrogens is 3. The van der Waals surface area contributed by atoms with E-state index < -0.39 is 0 Å². The zero-order chi connectivity index (χ0) is 20.9. The number of carbonyl (C=O) groups excluding carboxylic acids is 1. The Labute approximate surface area is 182 Å². The molecular formula is C21H20N4O3S2. The van der Waals surface area contributed by atoms with Gasteiger partial charge in [0.15, 0.2) is 10.3 Å². The molecule has 7 nitrogen and oxygen atoms in total. The van der Waals surface area contributed by atoms with Crippen molar-refractivity contribution in [3.8, 4) is 17.0 Å². The van der Waals surface area contributed by atoms with Crippen LogP contribution < -0.4 is 10.1 Å². The van der Waals surface area contributed by atoms with Crippen molar-refractivity contribution in [2.75, 3.05) is 18.2 Å². The molecule has 4 aromatic rings. The van der Waals surface area contributed by atoms with Crippen LogP contribution in [0.25, 0.3) is 11.3 Å². The largest absolute Gasteiger partial charge is 0.497 e. The fraction of sp³-hybridized carbons (Fsp3) is 0.190. The van der Waals surface area contributed by atoms with Gasteiger partial charge in [-0.15, -0.1) is 11.3 Å². The van der Waals surface area contributed by atoms with Gasteiger partial charge in [-0.2, -0.15) is 0 Å². The Morgan fingerprint density at radius 1 is 1.30 bits per heavy atom. The summed E-state index contributed by atoms with van der Waals surface area (Å²) in [5, 5.41) is 6.08. The van der Waals surface area contributed by atoms with Crippen molar-refractivity contribution >= 4 is 34.1 Å². The van der Waals surface area contributed by atoms with Gasteiger partial charge in [0.2, 0.25) is 5.91 Å². The van der Waals surface area contributed by atoms with Gasteiger partial charge in [0.25, 0.3) is 0 Å². The van der Waals surface area contributed by atoms with Gasteiger partial charge in [-0.25, -0.2) is 9.97 Å². The lowest BCUT2D eigenvalue weighted by molar-refractivity contribution is -0.113. The summed E-state index contributed by atoms with van der Waals surface area (Å²) < 4.78 is 12.8. The molecule has 0 aliphatic carbocycles. The van der Waals surface area contributed by atoms with Crippen LogP contribution in [0.3, 0.4) is 0 Å². The zero-order valence-corrected chi connectivity index (χ0v) is 18.1. The maximum atomic E-state index is 12.3. The van der Waals surface area contributed by atoms with Crippen LogP contribution in [0.1, 0.15) is 11.5 Å². The van der Waals surface area contributed by atoms with Crippen molar-refractivity contribution in [3.05, 3.63) is 65.7 Å². The van der Waals surface area contributed by atoms with Gasteiger partial charge in [-0.1, -0.05) is 11.8 Å². The SMILES string of the molecule is COc1ccc(-c2cnc(SCC(=O)Nc3nc(C)cs3)n2Cc2ccco2)cc1. The highest BCUT2D eigenvalue weighted by atomic mass is 32.2. The number of ether oxygens (including phenoxy) is 1. The summed E-state index contributed by atoms with van der Waals surface area (Å²) in [7, 11) is 1.64. The van der Waals surface area contributed by atoms with E-state index in [9.17, 15) is 4.79 Å². The first-order chi connectivity index (χ1) is 14.6. The van der Waals surface area contributed by atoms with Crippen LogP contribution in [-0.2, 0) is 11.3 Å². The number of amides is 1. The van der Waals surface area contributed by atoms with Gasteiger partial charge in [0.05, 0.1) is 43.3 Å². The molecular weight excluding hydrogens is 420 g/mol. The van der Waals surface area contributed by atoms with Crippen molar-refractivity contribution in [1.82, 2.24) is 14.5 Å². The summed E-state index contributed by atoms with van der Waals surface area (Å²) in [6.07, 6.45) is 3.46. The van der Waals surface area contributed by atoms with Crippen LogP contribution in [0.5, 0.6) is 5.75 Å². The van der Waals surface area contributed by atoms with Crippen LogP contribution in [0.2, 0.25) is 0 Å². The quantitative estimate of drug-likeness (QED) is 0.400. The van der Waals surface area contributed by atoms with E-state index in [4.69, 9.17) is 9.15 Å². The predicted molar refractivity (Wildman–Crippen MR) is 118 cm³/mol. The maximum Gasteiger partial charge on any atom is 0.236 e. The normalized spacial score (nSPS) is 10.9. The molecule has 0 fully saturated rings. The highest BCUT2D eigenvalue weighted by molar-refractivity contribution is 7.99. The molecule has 0 radical (unpaired) electrons. The first-order valence-electron chi connectivity index (χ1n) is 9.19. The monoisotopic (exact) mass is 440 g/mol. The minimum Gasteiger partial charge on any atom is -0.497 e. The van der Waals surface area contributed by atoms with Crippen LogP contribution in [0, 0.1) is 6.92 Å². The van der Waals surface area contributed by atoms with E-state index in [1.54, 1.807) is 13.4 Å². The van der Waals surface area contributed by atoms with E-state index in [-0.39, 0.29) is 11.7 Å². The molecule has 9 heteroatoms. The topological polar surface area (TPSA) is 82.2 Å². The molecule has 30 heavy (non-hydrogen) atoms.